The Labute approximate surface area is 145 Å². The third-order valence-electron chi connectivity index (χ3n) is 3.63. The van der Waals surface area contributed by atoms with Crippen molar-refractivity contribution in [3.05, 3.63) is 52.8 Å². The number of fused-ring (bicyclic) bond motifs is 1. The molecule has 2 aromatic carbocycles. The minimum Gasteiger partial charge on any atom is -0.457 e. The van der Waals surface area contributed by atoms with E-state index in [1.54, 1.807) is 6.07 Å². The van der Waals surface area contributed by atoms with Crippen molar-refractivity contribution in [1.82, 2.24) is 0 Å². The maximum Gasteiger partial charge on any atom is 0.360 e. The summed E-state index contributed by atoms with van der Waals surface area (Å²) in [5, 5.41) is 4.44. The first-order chi connectivity index (χ1) is 12.2. The van der Waals surface area contributed by atoms with E-state index >= 15 is 0 Å². The lowest BCUT2D eigenvalue weighted by Gasteiger charge is -2.14. The van der Waals surface area contributed by atoms with Crippen LogP contribution in [0.1, 0.15) is 29.3 Å². The van der Waals surface area contributed by atoms with Gasteiger partial charge in [0.2, 0.25) is 6.17 Å². The van der Waals surface area contributed by atoms with E-state index in [1.165, 1.54) is 0 Å². The highest BCUT2D eigenvalue weighted by molar-refractivity contribution is 7.86. The van der Waals surface area contributed by atoms with Crippen molar-refractivity contribution in [2.75, 3.05) is 0 Å². The predicted molar refractivity (Wildman–Crippen MR) is 77.8 cm³/mol. The van der Waals surface area contributed by atoms with Crippen LogP contribution in [0.5, 0.6) is 11.5 Å². The molecule has 0 bridgehead atoms. The summed E-state index contributed by atoms with van der Waals surface area (Å²) in [5.74, 6) is -1.93. The number of nitriles is 1. The van der Waals surface area contributed by atoms with Gasteiger partial charge >= 0.3 is 5.25 Å². The van der Waals surface area contributed by atoms with E-state index in [9.17, 15) is 30.6 Å². The van der Waals surface area contributed by atoms with E-state index in [4.69, 9.17) is 10.00 Å². The van der Waals surface area contributed by atoms with Gasteiger partial charge in [-0.15, -0.1) is 0 Å². The zero-order valence-electron chi connectivity index (χ0n) is 12.5. The van der Waals surface area contributed by atoms with Crippen molar-refractivity contribution < 1.29 is 35.3 Å². The van der Waals surface area contributed by atoms with Crippen LogP contribution in [0.4, 0.5) is 26.3 Å². The highest BCUT2D eigenvalue weighted by Crippen LogP contribution is 2.53. The molecule has 1 aliphatic rings. The second-order valence-corrected chi connectivity index (χ2v) is 6.77. The first-order valence-electron chi connectivity index (χ1n) is 6.94. The van der Waals surface area contributed by atoms with Gasteiger partial charge in [-0.05, 0) is 18.2 Å². The van der Waals surface area contributed by atoms with Crippen LogP contribution < -0.4 is 4.74 Å². The number of benzene rings is 2. The normalized spacial score (nSPS) is 20.7. The largest absolute Gasteiger partial charge is 0.457 e. The molecule has 1 heterocycles. The van der Waals surface area contributed by atoms with Crippen molar-refractivity contribution in [3.63, 3.8) is 0 Å². The molecule has 1 aliphatic heterocycles. The Morgan fingerprint density at radius 2 is 1.92 bits per heavy atom. The first-order valence-corrected chi connectivity index (χ1v) is 8.09. The third kappa shape index (κ3) is 2.82. The van der Waals surface area contributed by atoms with Gasteiger partial charge in [0.1, 0.15) is 28.1 Å². The van der Waals surface area contributed by atoms with Gasteiger partial charge in [-0.3, -0.25) is 0 Å². The molecule has 0 saturated carbocycles. The van der Waals surface area contributed by atoms with Gasteiger partial charge in [-0.25, -0.2) is 21.8 Å². The monoisotopic (exact) mass is 391 g/mol. The molecule has 2 unspecified atom stereocenters. The summed E-state index contributed by atoms with van der Waals surface area (Å²) in [6.07, 6.45) is -6.40. The van der Waals surface area contributed by atoms with E-state index in [1.807, 2.05) is 0 Å². The lowest BCUT2D eigenvalue weighted by Crippen LogP contribution is -2.22. The molecule has 3 rings (SSSR count). The van der Waals surface area contributed by atoms with Crippen LogP contribution in [0.2, 0.25) is 0 Å². The summed E-state index contributed by atoms with van der Waals surface area (Å²) in [6.45, 7) is 0. The number of alkyl halides is 5. The molecule has 2 atom stereocenters. The fourth-order valence-corrected chi connectivity index (χ4v) is 3.89. The minimum atomic E-state index is -4.35. The van der Waals surface area contributed by atoms with Gasteiger partial charge in [0.15, 0.2) is 0 Å². The maximum absolute atomic E-state index is 13.8. The number of hydrogen-bond acceptors (Lipinski definition) is 3. The fraction of sp³-hybridized carbons (Fsp3) is 0.188. The van der Waals surface area contributed by atoms with Crippen LogP contribution in [0.25, 0.3) is 0 Å². The second kappa shape index (κ2) is 6.32. The van der Waals surface area contributed by atoms with Crippen molar-refractivity contribution in [2.24, 2.45) is 0 Å². The Morgan fingerprint density at radius 3 is 2.54 bits per heavy atom. The third-order valence-corrected chi connectivity index (χ3v) is 5.16. The standard InChI is InChI=1S/C16H7F6NO2S/c17-8-3-7(6-23)4-9(5-8)25-11-2-1-10-13(12(11)15(19)20)26(24)16(21,22)14(10)18/h1-5,14-15H. The molecule has 0 amide bonds. The topological polar surface area (TPSA) is 50.1 Å². The SMILES string of the molecule is N#Cc1cc(F)cc(Oc2ccc3c(c2C(F)F)S(=O)C(F)(F)C3F)c1. The van der Waals surface area contributed by atoms with Crippen molar-refractivity contribution in [2.45, 2.75) is 22.7 Å². The summed E-state index contributed by atoms with van der Waals surface area (Å²) in [5.41, 5.74) is -2.14. The maximum atomic E-state index is 13.8. The van der Waals surface area contributed by atoms with Gasteiger partial charge in [-0.1, -0.05) is 6.07 Å². The average Bonchev–Trinajstić information content (AvgIpc) is 2.74. The number of nitrogens with zero attached hydrogens (tertiary/aromatic N) is 1. The Kier molecular flexibility index (Phi) is 4.44. The van der Waals surface area contributed by atoms with Crippen molar-refractivity contribution in [1.29, 1.82) is 5.26 Å². The highest BCUT2D eigenvalue weighted by atomic mass is 32.2. The highest BCUT2D eigenvalue weighted by Gasteiger charge is 2.57. The molecule has 0 spiro atoms. The quantitative estimate of drug-likeness (QED) is 0.680. The number of rotatable bonds is 3. The molecule has 136 valence electrons. The summed E-state index contributed by atoms with van der Waals surface area (Å²) < 4.78 is 98.3. The molecular formula is C16H7F6NO2S. The van der Waals surface area contributed by atoms with Crippen LogP contribution in [0.15, 0.2) is 35.2 Å². The van der Waals surface area contributed by atoms with Gasteiger partial charge in [0, 0.05) is 11.6 Å². The van der Waals surface area contributed by atoms with E-state index in [2.05, 4.69) is 0 Å². The number of halogens is 6. The molecule has 0 aliphatic carbocycles. The molecule has 0 saturated heterocycles. The van der Waals surface area contributed by atoms with Crippen molar-refractivity contribution in [3.8, 4) is 17.6 Å². The average molecular weight is 391 g/mol. The summed E-state index contributed by atoms with van der Waals surface area (Å²) >= 11 is 0. The molecule has 0 radical (unpaired) electrons. The molecule has 0 fully saturated rings. The number of ether oxygens (including phenoxy) is 1. The minimum absolute atomic E-state index is 0.168. The summed E-state index contributed by atoms with van der Waals surface area (Å²) in [4.78, 5) is -1.04. The van der Waals surface area contributed by atoms with Crippen molar-refractivity contribution >= 4 is 10.8 Å². The van der Waals surface area contributed by atoms with E-state index in [-0.39, 0.29) is 11.3 Å². The Balaban J connectivity index is 2.14. The first kappa shape index (κ1) is 18.3. The molecule has 10 heteroatoms. The summed E-state index contributed by atoms with van der Waals surface area (Å²) in [6, 6.07) is 5.90. The zero-order valence-corrected chi connectivity index (χ0v) is 13.3. The Bertz CT molecular complexity index is 956. The lowest BCUT2D eigenvalue weighted by atomic mass is 10.1. The zero-order chi connectivity index (χ0) is 19.2. The van der Waals surface area contributed by atoms with Crippen LogP contribution in [0.3, 0.4) is 0 Å². The molecule has 0 aromatic heterocycles. The Hall–Kier alpha value is -2.54. The predicted octanol–water partition coefficient (Wildman–Crippen LogP) is 5.15. The smallest absolute Gasteiger partial charge is 0.360 e. The van der Waals surface area contributed by atoms with E-state index in [0.29, 0.717) is 0 Å². The fourth-order valence-electron chi connectivity index (χ4n) is 2.52. The van der Waals surface area contributed by atoms with Gasteiger partial charge in [-0.2, -0.15) is 14.0 Å². The Morgan fingerprint density at radius 1 is 1.23 bits per heavy atom. The molecule has 0 N–H and O–H groups in total. The van der Waals surface area contributed by atoms with E-state index < -0.39 is 56.2 Å². The summed E-state index contributed by atoms with van der Waals surface area (Å²) in [7, 11) is -3.34. The molecular weight excluding hydrogens is 384 g/mol. The van der Waals surface area contributed by atoms with Crippen LogP contribution in [-0.2, 0) is 10.8 Å². The molecule has 2 aromatic rings. The van der Waals surface area contributed by atoms with Crippen LogP contribution in [0, 0.1) is 17.1 Å². The molecule has 26 heavy (non-hydrogen) atoms. The van der Waals surface area contributed by atoms with Crippen LogP contribution in [-0.4, -0.2) is 9.46 Å². The second-order valence-electron chi connectivity index (χ2n) is 5.28. The van der Waals surface area contributed by atoms with Crippen LogP contribution >= 0.6 is 0 Å². The van der Waals surface area contributed by atoms with E-state index in [0.717, 1.165) is 30.3 Å². The van der Waals surface area contributed by atoms with Gasteiger partial charge in [0.05, 0.1) is 22.1 Å². The lowest BCUT2D eigenvalue weighted by molar-refractivity contribution is 0.0143. The van der Waals surface area contributed by atoms with Gasteiger partial charge < -0.3 is 4.74 Å². The number of hydrogen-bond donors (Lipinski definition) is 0. The molecule has 3 nitrogen and oxygen atoms in total. The van der Waals surface area contributed by atoms with Gasteiger partial charge in [0.25, 0.3) is 6.43 Å².